The number of hydrogen-bond acceptors (Lipinski definition) is 2. The van der Waals surface area contributed by atoms with Crippen LogP contribution < -0.4 is 10.5 Å². The van der Waals surface area contributed by atoms with Crippen molar-refractivity contribution in [2.24, 2.45) is 5.73 Å². The van der Waals surface area contributed by atoms with Gasteiger partial charge in [0, 0.05) is 18.5 Å². The third kappa shape index (κ3) is 1.24. The van der Waals surface area contributed by atoms with Crippen LogP contribution in [0, 0.1) is 17.5 Å². The summed E-state index contributed by atoms with van der Waals surface area (Å²) >= 11 is 0. The second-order valence-electron chi connectivity index (χ2n) is 3.14. The lowest BCUT2D eigenvalue weighted by Crippen LogP contribution is -2.23. The number of rotatable bonds is 0. The maximum Gasteiger partial charge on any atom is 0.168 e. The van der Waals surface area contributed by atoms with Gasteiger partial charge in [0.05, 0.1) is 12.2 Å². The van der Waals surface area contributed by atoms with Gasteiger partial charge in [-0.25, -0.2) is 13.2 Å². The van der Waals surface area contributed by atoms with E-state index in [-0.39, 0.29) is 17.9 Å². The molecule has 2 N–H and O–H groups in total. The van der Waals surface area contributed by atoms with Crippen LogP contribution in [-0.2, 0) is 0 Å². The van der Waals surface area contributed by atoms with Crippen LogP contribution in [0.1, 0.15) is 18.0 Å². The summed E-state index contributed by atoms with van der Waals surface area (Å²) in [6.07, 6.45) is 0.354. The molecular formula is C9H8F3NO. The molecule has 0 aliphatic carbocycles. The summed E-state index contributed by atoms with van der Waals surface area (Å²) < 4.78 is 44.0. The van der Waals surface area contributed by atoms with Gasteiger partial charge in [0.1, 0.15) is 0 Å². The minimum atomic E-state index is -1.23. The summed E-state index contributed by atoms with van der Waals surface area (Å²) in [5.41, 5.74) is 5.33. The van der Waals surface area contributed by atoms with Crippen LogP contribution >= 0.6 is 0 Å². The predicted molar refractivity (Wildman–Crippen MR) is 43.4 cm³/mol. The van der Waals surface area contributed by atoms with E-state index in [1.807, 2.05) is 0 Å². The fourth-order valence-electron chi connectivity index (χ4n) is 1.51. The Kier molecular flexibility index (Phi) is 2.11. The highest BCUT2D eigenvalue weighted by Gasteiger charge is 2.27. The lowest BCUT2D eigenvalue weighted by atomic mass is 10.0. The number of hydrogen-bond donors (Lipinski definition) is 1. The van der Waals surface area contributed by atoms with E-state index < -0.39 is 23.5 Å². The normalized spacial score (nSPS) is 20.1. The molecule has 0 spiro atoms. The van der Waals surface area contributed by atoms with Crippen molar-refractivity contribution in [2.75, 3.05) is 6.61 Å². The molecule has 1 heterocycles. The van der Waals surface area contributed by atoms with Gasteiger partial charge < -0.3 is 10.5 Å². The molecule has 0 aromatic heterocycles. The van der Waals surface area contributed by atoms with Crippen LogP contribution in [0.4, 0.5) is 13.2 Å². The SMILES string of the molecule is N[C@H]1CCOc2c(F)cc(F)c(F)c21. The molecule has 0 fully saturated rings. The molecule has 5 heteroatoms. The number of halogens is 3. The summed E-state index contributed by atoms with van der Waals surface area (Å²) in [7, 11) is 0. The Morgan fingerprint density at radius 3 is 2.71 bits per heavy atom. The van der Waals surface area contributed by atoms with E-state index in [0.29, 0.717) is 12.5 Å². The maximum absolute atomic E-state index is 13.2. The zero-order valence-electron chi connectivity index (χ0n) is 7.19. The Bertz CT molecular complexity index is 381. The van der Waals surface area contributed by atoms with Gasteiger partial charge in [-0.2, -0.15) is 0 Å². The number of benzene rings is 1. The van der Waals surface area contributed by atoms with Crippen molar-refractivity contribution in [3.8, 4) is 5.75 Å². The van der Waals surface area contributed by atoms with Crippen molar-refractivity contribution in [2.45, 2.75) is 12.5 Å². The smallest absolute Gasteiger partial charge is 0.168 e. The minimum absolute atomic E-state index is 0.200. The molecule has 1 aromatic rings. The molecule has 1 aromatic carbocycles. The van der Waals surface area contributed by atoms with Crippen molar-refractivity contribution in [3.63, 3.8) is 0 Å². The van der Waals surface area contributed by atoms with Gasteiger partial charge in [0.2, 0.25) is 0 Å². The van der Waals surface area contributed by atoms with Crippen molar-refractivity contribution in [3.05, 3.63) is 29.1 Å². The maximum atomic E-state index is 13.2. The van der Waals surface area contributed by atoms with Crippen molar-refractivity contribution < 1.29 is 17.9 Å². The monoisotopic (exact) mass is 203 g/mol. The molecular weight excluding hydrogens is 195 g/mol. The zero-order chi connectivity index (χ0) is 10.3. The molecule has 1 aliphatic rings. The third-order valence-electron chi connectivity index (χ3n) is 2.21. The predicted octanol–water partition coefficient (Wildman–Crippen LogP) is 1.89. The Morgan fingerprint density at radius 1 is 1.29 bits per heavy atom. The van der Waals surface area contributed by atoms with Crippen LogP contribution in [0.3, 0.4) is 0 Å². The highest BCUT2D eigenvalue weighted by atomic mass is 19.2. The van der Waals surface area contributed by atoms with Crippen LogP contribution in [0.5, 0.6) is 5.75 Å². The summed E-state index contributed by atoms with van der Waals surface area (Å²) in [4.78, 5) is 0. The fraction of sp³-hybridized carbons (Fsp3) is 0.333. The topological polar surface area (TPSA) is 35.2 Å². The van der Waals surface area contributed by atoms with Crippen LogP contribution in [0.2, 0.25) is 0 Å². The van der Waals surface area contributed by atoms with Crippen molar-refractivity contribution in [1.82, 2.24) is 0 Å². The molecule has 0 saturated heterocycles. The molecule has 0 radical (unpaired) electrons. The molecule has 2 rings (SSSR count). The lowest BCUT2D eigenvalue weighted by Gasteiger charge is -2.23. The average molecular weight is 203 g/mol. The molecule has 0 amide bonds. The largest absolute Gasteiger partial charge is 0.490 e. The van der Waals surface area contributed by atoms with E-state index in [9.17, 15) is 13.2 Å². The molecule has 14 heavy (non-hydrogen) atoms. The zero-order valence-corrected chi connectivity index (χ0v) is 7.19. The van der Waals surface area contributed by atoms with Gasteiger partial charge in [-0.3, -0.25) is 0 Å². The molecule has 0 saturated carbocycles. The quantitative estimate of drug-likeness (QED) is 0.653. The Labute approximate surface area is 78.5 Å². The van der Waals surface area contributed by atoms with Gasteiger partial charge in [0.15, 0.2) is 23.2 Å². The molecule has 76 valence electrons. The first kappa shape index (κ1) is 9.33. The van der Waals surface area contributed by atoms with Crippen LogP contribution in [0.25, 0.3) is 0 Å². The first-order valence-electron chi connectivity index (χ1n) is 4.17. The highest BCUT2D eigenvalue weighted by molar-refractivity contribution is 5.40. The number of nitrogens with two attached hydrogens (primary N) is 1. The number of ether oxygens (including phenoxy) is 1. The highest BCUT2D eigenvalue weighted by Crippen LogP contribution is 2.35. The fourth-order valence-corrected chi connectivity index (χ4v) is 1.51. The van der Waals surface area contributed by atoms with Crippen molar-refractivity contribution >= 4 is 0 Å². The van der Waals surface area contributed by atoms with E-state index in [1.165, 1.54) is 0 Å². The van der Waals surface area contributed by atoms with E-state index >= 15 is 0 Å². The first-order chi connectivity index (χ1) is 6.61. The molecule has 1 aliphatic heterocycles. The van der Waals surface area contributed by atoms with Crippen LogP contribution in [-0.4, -0.2) is 6.61 Å². The van der Waals surface area contributed by atoms with Gasteiger partial charge >= 0.3 is 0 Å². The lowest BCUT2D eigenvalue weighted by molar-refractivity contribution is 0.247. The minimum Gasteiger partial charge on any atom is -0.490 e. The molecule has 0 unspecified atom stereocenters. The summed E-state index contributed by atoms with van der Waals surface area (Å²) in [5.74, 6) is -3.52. The van der Waals surface area contributed by atoms with Crippen molar-refractivity contribution in [1.29, 1.82) is 0 Å². The standard InChI is InChI=1S/C9H8F3NO/c10-4-3-5(11)9-7(8(4)12)6(13)1-2-14-9/h3,6H,1-2,13H2/t6-/m0/s1. The third-order valence-corrected chi connectivity index (χ3v) is 2.21. The molecule has 0 bridgehead atoms. The Hall–Kier alpha value is -1.23. The van der Waals surface area contributed by atoms with Gasteiger partial charge in [-0.05, 0) is 0 Å². The summed E-state index contributed by atoms with van der Waals surface area (Å²) in [6, 6.07) is -0.240. The van der Waals surface area contributed by atoms with E-state index in [0.717, 1.165) is 0 Å². The van der Waals surface area contributed by atoms with E-state index in [1.54, 1.807) is 0 Å². The van der Waals surface area contributed by atoms with E-state index in [4.69, 9.17) is 10.5 Å². The summed E-state index contributed by atoms with van der Waals surface area (Å²) in [6.45, 7) is 0.218. The number of fused-ring (bicyclic) bond motifs is 1. The Morgan fingerprint density at radius 2 is 2.00 bits per heavy atom. The Balaban J connectivity index is 2.67. The summed E-state index contributed by atoms with van der Waals surface area (Å²) in [5, 5.41) is 0. The van der Waals surface area contributed by atoms with Gasteiger partial charge in [-0.15, -0.1) is 0 Å². The molecule has 1 atom stereocenters. The second-order valence-corrected chi connectivity index (χ2v) is 3.14. The first-order valence-corrected chi connectivity index (χ1v) is 4.17. The van der Waals surface area contributed by atoms with Gasteiger partial charge in [-0.1, -0.05) is 0 Å². The second kappa shape index (κ2) is 3.16. The van der Waals surface area contributed by atoms with Gasteiger partial charge in [0.25, 0.3) is 0 Å². The van der Waals surface area contributed by atoms with Crippen LogP contribution in [0.15, 0.2) is 6.07 Å². The average Bonchev–Trinajstić information content (AvgIpc) is 2.14. The molecule has 2 nitrogen and oxygen atoms in total. The van der Waals surface area contributed by atoms with E-state index in [2.05, 4.69) is 0 Å².